The highest BCUT2D eigenvalue weighted by Crippen LogP contribution is 2.06. The third kappa shape index (κ3) is 3.74. The molecule has 2 amide bonds. The topological polar surface area (TPSA) is 53.2 Å². The minimum atomic E-state index is -0.0786. The molecule has 1 saturated heterocycles. The van der Waals surface area contributed by atoms with Gasteiger partial charge in [-0.25, -0.2) is 4.79 Å². The van der Waals surface area contributed by atoms with Gasteiger partial charge < -0.3 is 16.0 Å². The van der Waals surface area contributed by atoms with Gasteiger partial charge in [-0.15, -0.1) is 0 Å². The smallest absolute Gasteiger partial charge is 0.315 e. The lowest BCUT2D eigenvalue weighted by Crippen LogP contribution is -2.38. The Hall–Kier alpha value is -1.55. The maximum Gasteiger partial charge on any atom is 0.315 e. The summed E-state index contributed by atoms with van der Waals surface area (Å²) in [7, 11) is 0. The summed E-state index contributed by atoms with van der Waals surface area (Å²) in [5, 5.41) is 9.11. The van der Waals surface area contributed by atoms with Gasteiger partial charge in [-0.05, 0) is 43.5 Å². The Morgan fingerprint density at radius 3 is 2.94 bits per heavy atom. The van der Waals surface area contributed by atoms with Gasteiger partial charge in [0.05, 0.1) is 0 Å². The van der Waals surface area contributed by atoms with Crippen molar-refractivity contribution < 1.29 is 4.79 Å². The van der Waals surface area contributed by atoms with Gasteiger partial charge in [0, 0.05) is 13.1 Å². The van der Waals surface area contributed by atoms with Crippen molar-refractivity contribution in [3.63, 3.8) is 0 Å². The molecule has 2 rings (SSSR count). The Kier molecular flexibility index (Phi) is 4.59. The van der Waals surface area contributed by atoms with Crippen LogP contribution in [0.4, 0.5) is 4.79 Å². The van der Waals surface area contributed by atoms with Crippen LogP contribution in [0.5, 0.6) is 0 Å². The van der Waals surface area contributed by atoms with Gasteiger partial charge in [-0.1, -0.05) is 24.3 Å². The maximum atomic E-state index is 11.6. The van der Waals surface area contributed by atoms with E-state index in [1.54, 1.807) is 0 Å². The highest BCUT2D eigenvalue weighted by molar-refractivity contribution is 5.73. The standard InChI is InChI=1S/C14H21N3O/c1-11-4-2-3-5-13(11)10-17-14(18)16-9-12-6-7-15-8-12/h2-5,12,15H,6-10H2,1H3,(H2,16,17,18). The lowest BCUT2D eigenvalue weighted by Gasteiger charge is -2.12. The van der Waals surface area contributed by atoms with Crippen molar-refractivity contribution in [3.05, 3.63) is 35.4 Å². The normalized spacial score (nSPS) is 18.6. The van der Waals surface area contributed by atoms with E-state index in [1.165, 1.54) is 5.56 Å². The van der Waals surface area contributed by atoms with Crippen LogP contribution in [0.15, 0.2) is 24.3 Å². The Bertz CT molecular complexity index is 400. The van der Waals surface area contributed by atoms with Crippen molar-refractivity contribution in [3.8, 4) is 0 Å². The Labute approximate surface area is 108 Å². The summed E-state index contributed by atoms with van der Waals surface area (Å²) in [6.07, 6.45) is 1.15. The van der Waals surface area contributed by atoms with E-state index < -0.39 is 0 Å². The summed E-state index contributed by atoms with van der Waals surface area (Å²) in [5.41, 5.74) is 2.37. The maximum absolute atomic E-state index is 11.6. The number of carbonyl (C=O) groups is 1. The molecule has 1 aromatic carbocycles. The van der Waals surface area contributed by atoms with Gasteiger partial charge >= 0.3 is 6.03 Å². The number of amides is 2. The fraction of sp³-hybridized carbons (Fsp3) is 0.500. The number of rotatable bonds is 4. The molecule has 3 N–H and O–H groups in total. The molecular formula is C14H21N3O. The van der Waals surface area contributed by atoms with Crippen LogP contribution >= 0.6 is 0 Å². The Morgan fingerprint density at radius 2 is 2.22 bits per heavy atom. The van der Waals surface area contributed by atoms with Crippen LogP contribution in [0, 0.1) is 12.8 Å². The Morgan fingerprint density at radius 1 is 1.39 bits per heavy atom. The van der Waals surface area contributed by atoms with Crippen molar-refractivity contribution in [2.45, 2.75) is 19.9 Å². The quantitative estimate of drug-likeness (QED) is 0.753. The molecule has 4 heteroatoms. The monoisotopic (exact) mass is 247 g/mol. The number of hydrogen-bond acceptors (Lipinski definition) is 2. The number of nitrogens with one attached hydrogen (secondary N) is 3. The second-order valence-electron chi connectivity index (χ2n) is 4.85. The van der Waals surface area contributed by atoms with Gasteiger partial charge in [0.1, 0.15) is 0 Å². The zero-order valence-electron chi connectivity index (χ0n) is 10.8. The number of hydrogen-bond donors (Lipinski definition) is 3. The molecule has 1 aliphatic rings. The average molecular weight is 247 g/mol. The second-order valence-corrected chi connectivity index (χ2v) is 4.85. The number of benzene rings is 1. The predicted molar refractivity (Wildman–Crippen MR) is 72.4 cm³/mol. The van der Waals surface area contributed by atoms with E-state index in [2.05, 4.69) is 28.9 Å². The highest BCUT2D eigenvalue weighted by Gasteiger charge is 2.14. The molecule has 1 aliphatic heterocycles. The first-order chi connectivity index (χ1) is 8.75. The summed E-state index contributed by atoms with van der Waals surface area (Å²) < 4.78 is 0. The first-order valence-corrected chi connectivity index (χ1v) is 6.52. The van der Waals surface area contributed by atoms with Gasteiger partial charge in [0.2, 0.25) is 0 Å². The third-order valence-corrected chi connectivity index (χ3v) is 3.41. The molecule has 0 spiro atoms. The summed E-state index contributed by atoms with van der Waals surface area (Å²) in [6, 6.07) is 8.01. The molecule has 18 heavy (non-hydrogen) atoms. The summed E-state index contributed by atoms with van der Waals surface area (Å²) in [6.45, 7) is 5.47. The first kappa shape index (κ1) is 12.9. The van der Waals surface area contributed by atoms with Crippen LogP contribution in [-0.4, -0.2) is 25.7 Å². The fourth-order valence-electron chi connectivity index (χ4n) is 2.17. The van der Waals surface area contributed by atoms with Gasteiger partial charge in [-0.3, -0.25) is 0 Å². The molecule has 0 saturated carbocycles. The van der Waals surface area contributed by atoms with Crippen LogP contribution in [0.25, 0.3) is 0 Å². The summed E-state index contributed by atoms with van der Waals surface area (Å²) >= 11 is 0. The van der Waals surface area contributed by atoms with E-state index in [0.717, 1.165) is 31.6 Å². The van der Waals surface area contributed by atoms with Gasteiger partial charge in [0.25, 0.3) is 0 Å². The molecule has 4 nitrogen and oxygen atoms in total. The van der Waals surface area contributed by atoms with Crippen LogP contribution in [-0.2, 0) is 6.54 Å². The van der Waals surface area contributed by atoms with Crippen molar-refractivity contribution in [2.75, 3.05) is 19.6 Å². The molecule has 1 fully saturated rings. The number of aryl methyl sites for hydroxylation is 1. The van der Waals surface area contributed by atoms with Crippen LogP contribution < -0.4 is 16.0 Å². The predicted octanol–water partition coefficient (Wildman–Crippen LogP) is 1.40. The molecule has 98 valence electrons. The van der Waals surface area contributed by atoms with E-state index in [9.17, 15) is 4.79 Å². The van der Waals surface area contributed by atoms with Crippen molar-refractivity contribution in [2.24, 2.45) is 5.92 Å². The Balaban J connectivity index is 1.69. The molecule has 0 bridgehead atoms. The molecule has 0 radical (unpaired) electrons. The van der Waals surface area contributed by atoms with Gasteiger partial charge in [-0.2, -0.15) is 0 Å². The molecule has 1 heterocycles. The molecule has 1 aromatic rings. The SMILES string of the molecule is Cc1ccccc1CNC(=O)NCC1CCNC1. The van der Waals surface area contributed by atoms with E-state index in [0.29, 0.717) is 12.5 Å². The van der Waals surface area contributed by atoms with E-state index in [1.807, 2.05) is 18.2 Å². The van der Waals surface area contributed by atoms with Crippen LogP contribution in [0.3, 0.4) is 0 Å². The number of urea groups is 1. The highest BCUT2D eigenvalue weighted by atomic mass is 16.2. The van der Waals surface area contributed by atoms with Gasteiger partial charge in [0.15, 0.2) is 0 Å². The molecular weight excluding hydrogens is 226 g/mol. The molecule has 0 aromatic heterocycles. The minimum absolute atomic E-state index is 0.0786. The van der Waals surface area contributed by atoms with E-state index in [-0.39, 0.29) is 6.03 Å². The minimum Gasteiger partial charge on any atom is -0.338 e. The molecule has 0 aliphatic carbocycles. The van der Waals surface area contributed by atoms with E-state index in [4.69, 9.17) is 0 Å². The number of carbonyl (C=O) groups excluding carboxylic acids is 1. The van der Waals surface area contributed by atoms with Crippen molar-refractivity contribution >= 4 is 6.03 Å². The average Bonchev–Trinajstić information content (AvgIpc) is 2.88. The van der Waals surface area contributed by atoms with E-state index >= 15 is 0 Å². The second kappa shape index (κ2) is 6.40. The summed E-state index contributed by atoms with van der Waals surface area (Å²) in [4.78, 5) is 11.6. The largest absolute Gasteiger partial charge is 0.338 e. The van der Waals surface area contributed by atoms with Crippen LogP contribution in [0.2, 0.25) is 0 Å². The third-order valence-electron chi connectivity index (χ3n) is 3.41. The zero-order chi connectivity index (χ0) is 12.8. The van der Waals surface area contributed by atoms with Crippen molar-refractivity contribution in [1.29, 1.82) is 0 Å². The molecule has 1 atom stereocenters. The lowest BCUT2D eigenvalue weighted by molar-refractivity contribution is 0.239. The fourth-order valence-corrected chi connectivity index (χ4v) is 2.17. The summed E-state index contributed by atoms with van der Waals surface area (Å²) in [5.74, 6) is 0.578. The lowest BCUT2D eigenvalue weighted by atomic mass is 10.1. The first-order valence-electron chi connectivity index (χ1n) is 6.52. The zero-order valence-corrected chi connectivity index (χ0v) is 10.8. The van der Waals surface area contributed by atoms with Crippen molar-refractivity contribution in [1.82, 2.24) is 16.0 Å². The van der Waals surface area contributed by atoms with Crippen LogP contribution in [0.1, 0.15) is 17.5 Å². The molecule has 1 unspecified atom stereocenters.